The third-order valence-electron chi connectivity index (χ3n) is 4.77. The van der Waals surface area contributed by atoms with Crippen LogP contribution in [0, 0.1) is 12.8 Å². The van der Waals surface area contributed by atoms with Crippen molar-refractivity contribution in [1.82, 2.24) is 9.73 Å². The summed E-state index contributed by atoms with van der Waals surface area (Å²) in [6.07, 6.45) is 2.41. The van der Waals surface area contributed by atoms with Crippen molar-refractivity contribution in [2.75, 3.05) is 13.1 Å². The zero-order chi connectivity index (χ0) is 20.1. The zero-order valence-corrected chi connectivity index (χ0v) is 17.1. The number of benzene rings is 2. The van der Waals surface area contributed by atoms with Gasteiger partial charge in [-0.1, -0.05) is 47.5 Å². The number of nitrogens with zero attached hydrogens (tertiary/aromatic N) is 2. The van der Waals surface area contributed by atoms with Gasteiger partial charge < -0.3 is 0 Å². The summed E-state index contributed by atoms with van der Waals surface area (Å²) in [6.45, 7) is 2.53. The van der Waals surface area contributed by atoms with Gasteiger partial charge in [-0.25, -0.2) is 13.8 Å². The second-order valence-corrected chi connectivity index (χ2v) is 9.09. The van der Waals surface area contributed by atoms with Gasteiger partial charge in [0.05, 0.1) is 11.1 Å². The first-order chi connectivity index (χ1) is 13.4. The van der Waals surface area contributed by atoms with Crippen molar-refractivity contribution in [2.24, 2.45) is 11.0 Å². The second kappa shape index (κ2) is 8.86. The van der Waals surface area contributed by atoms with E-state index in [1.165, 1.54) is 10.5 Å². The van der Waals surface area contributed by atoms with Crippen LogP contribution in [0.3, 0.4) is 0 Å². The number of rotatable bonds is 5. The summed E-state index contributed by atoms with van der Waals surface area (Å²) >= 11 is 6.04. The Morgan fingerprint density at radius 1 is 1.14 bits per heavy atom. The number of aryl methyl sites for hydroxylation is 1. The van der Waals surface area contributed by atoms with E-state index >= 15 is 0 Å². The van der Waals surface area contributed by atoms with Gasteiger partial charge in [-0.2, -0.15) is 9.41 Å². The van der Waals surface area contributed by atoms with E-state index in [1.807, 2.05) is 19.1 Å². The standard InChI is InChI=1S/C20H22ClN3O3S/c1-15-6-8-18(9-7-15)28(26,27)24-12-10-16(11-13-24)20(25)23-22-14-17-4-2-3-5-19(17)21/h2-9,14,16H,10-13H2,1H3,(H,23,25)/b22-14+. The highest BCUT2D eigenvalue weighted by molar-refractivity contribution is 7.89. The summed E-state index contributed by atoms with van der Waals surface area (Å²) in [5.41, 5.74) is 4.24. The molecule has 148 valence electrons. The number of carbonyl (C=O) groups is 1. The maximum absolute atomic E-state index is 12.7. The van der Waals surface area contributed by atoms with Crippen molar-refractivity contribution < 1.29 is 13.2 Å². The molecule has 1 heterocycles. The minimum absolute atomic E-state index is 0.212. The van der Waals surface area contributed by atoms with Crippen LogP contribution >= 0.6 is 11.6 Å². The monoisotopic (exact) mass is 419 g/mol. The summed E-state index contributed by atoms with van der Waals surface area (Å²) in [5.74, 6) is -0.483. The predicted octanol–water partition coefficient (Wildman–Crippen LogP) is 3.20. The molecular formula is C20H22ClN3O3S. The van der Waals surface area contributed by atoms with E-state index in [0.717, 1.165) is 5.56 Å². The fourth-order valence-corrected chi connectivity index (χ4v) is 4.71. The Bertz CT molecular complexity index is 966. The van der Waals surface area contributed by atoms with E-state index in [-0.39, 0.29) is 16.7 Å². The molecule has 2 aromatic rings. The average molecular weight is 420 g/mol. The molecule has 1 saturated heterocycles. The lowest BCUT2D eigenvalue weighted by atomic mass is 9.98. The van der Waals surface area contributed by atoms with E-state index in [2.05, 4.69) is 10.5 Å². The van der Waals surface area contributed by atoms with Crippen molar-refractivity contribution in [3.8, 4) is 0 Å². The van der Waals surface area contributed by atoms with E-state index in [4.69, 9.17) is 11.6 Å². The van der Waals surface area contributed by atoms with Gasteiger partial charge in [0.25, 0.3) is 0 Å². The van der Waals surface area contributed by atoms with Crippen LogP contribution in [0.1, 0.15) is 24.0 Å². The fraction of sp³-hybridized carbons (Fsp3) is 0.300. The number of amides is 1. The molecular weight excluding hydrogens is 398 g/mol. The summed E-state index contributed by atoms with van der Waals surface area (Å²) in [4.78, 5) is 12.6. The molecule has 0 aliphatic carbocycles. The summed E-state index contributed by atoms with van der Waals surface area (Å²) < 4.78 is 26.9. The van der Waals surface area contributed by atoms with Crippen LogP contribution in [0.25, 0.3) is 0 Å². The van der Waals surface area contributed by atoms with Gasteiger partial charge in [0.2, 0.25) is 15.9 Å². The van der Waals surface area contributed by atoms with Gasteiger partial charge in [-0.15, -0.1) is 0 Å². The Morgan fingerprint density at radius 3 is 2.43 bits per heavy atom. The SMILES string of the molecule is Cc1ccc(S(=O)(=O)N2CCC(C(=O)N/N=C/c3ccccc3Cl)CC2)cc1. The average Bonchev–Trinajstić information content (AvgIpc) is 2.70. The molecule has 0 spiro atoms. The number of halogens is 1. The highest BCUT2D eigenvalue weighted by Crippen LogP contribution is 2.24. The minimum Gasteiger partial charge on any atom is -0.273 e. The number of hydrogen-bond donors (Lipinski definition) is 1. The van der Waals surface area contributed by atoms with Gasteiger partial charge >= 0.3 is 0 Å². The van der Waals surface area contributed by atoms with E-state index in [1.54, 1.807) is 36.4 Å². The first kappa shape index (κ1) is 20.5. The molecule has 0 radical (unpaired) electrons. The Labute approximate surface area is 170 Å². The number of carbonyl (C=O) groups excluding carboxylic acids is 1. The molecule has 0 bridgehead atoms. The number of hydrazone groups is 1. The first-order valence-electron chi connectivity index (χ1n) is 9.02. The molecule has 28 heavy (non-hydrogen) atoms. The largest absolute Gasteiger partial charge is 0.273 e. The maximum atomic E-state index is 12.7. The van der Waals surface area contributed by atoms with Crippen molar-refractivity contribution in [1.29, 1.82) is 0 Å². The van der Waals surface area contributed by atoms with Crippen molar-refractivity contribution in [3.05, 3.63) is 64.7 Å². The van der Waals surface area contributed by atoms with Crippen LogP contribution in [0.15, 0.2) is 58.5 Å². The van der Waals surface area contributed by atoms with Crippen LogP contribution in [0.2, 0.25) is 5.02 Å². The summed E-state index contributed by atoms with van der Waals surface area (Å²) in [6, 6.07) is 14.0. The molecule has 0 saturated carbocycles. The van der Waals surface area contributed by atoms with Gasteiger partial charge in [0, 0.05) is 29.6 Å². The zero-order valence-electron chi connectivity index (χ0n) is 15.5. The number of piperidine rings is 1. The molecule has 0 unspecified atom stereocenters. The quantitative estimate of drug-likeness (QED) is 0.597. The molecule has 8 heteroatoms. The molecule has 1 amide bonds. The molecule has 3 rings (SSSR count). The Hall–Kier alpha value is -2.22. The van der Waals surface area contributed by atoms with Crippen LogP contribution in [-0.2, 0) is 14.8 Å². The van der Waals surface area contributed by atoms with Crippen molar-refractivity contribution in [3.63, 3.8) is 0 Å². The Morgan fingerprint density at radius 2 is 1.79 bits per heavy atom. The molecule has 6 nitrogen and oxygen atoms in total. The molecule has 1 aliphatic heterocycles. The van der Waals surface area contributed by atoms with Crippen LogP contribution in [0.4, 0.5) is 0 Å². The molecule has 1 aliphatic rings. The molecule has 1 fully saturated rings. The lowest BCUT2D eigenvalue weighted by Gasteiger charge is -2.30. The normalized spacial score (nSPS) is 16.4. The number of hydrogen-bond acceptors (Lipinski definition) is 4. The smallest absolute Gasteiger partial charge is 0.243 e. The number of nitrogens with one attached hydrogen (secondary N) is 1. The summed E-state index contributed by atoms with van der Waals surface area (Å²) in [5, 5.41) is 4.51. The third-order valence-corrected chi connectivity index (χ3v) is 7.02. The summed E-state index contributed by atoms with van der Waals surface area (Å²) in [7, 11) is -3.53. The fourth-order valence-electron chi connectivity index (χ4n) is 3.05. The lowest BCUT2D eigenvalue weighted by molar-refractivity contribution is -0.126. The van der Waals surface area contributed by atoms with Crippen LogP contribution in [-0.4, -0.2) is 37.9 Å². The predicted molar refractivity (Wildman–Crippen MR) is 110 cm³/mol. The molecule has 2 aromatic carbocycles. The second-order valence-electron chi connectivity index (χ2n) is 6.75. The Kier molecular flexibility index (Phi) is 6.49. The van der Waals surface area contributed by atoms with Crippen LogP contribution < -0.4 is 5.43 Å². The molecule has 0 atom stereocenters. The number of sulfonamides is 1. The van der Waals surface area contributed by atoms with Crippen molar-refractivity contribution in [2.45, 2.75) is 24.7 Å². The minimum atomic E-state index is -3.53. The van der Waals surface area contributed by atoms with Gasteiger partial charge in [-0.3, -0.25) is 4.79 Å². The van der Waals surface area contributed by atoms with Crippen molar-refractivity contribution >= 4 is 33.7 Å². The highest BCUT2D eigenvalue weighted by atomic mass is 35.5. The van der Waals surface area contributed by atoms with Gasteiger partial charge in [0.15, 0.2) is 0 Å². The first-order valence-corrected chi connectivity index (χ1v) is 10.8. The third kappa shape index (κ3) is 4.79. The highest BCUT2D eigenvalue weighted by Gasteiger charge is 2.31. The maximum Gasteiger partial charge on any atom is 0.243 e. The van der Waals surface area contributed by atoms with Gasteiger partial charge in [-0.05, 0) is 38.0 Å². The van der Waals surface area contributed by atoms with E-state index in [9.17, 15) is 13.2 Å². The van der Waals surface area contributed by atoms with E-state index in [0.29, 0.717) is 36.5 Å². The van der Waals surface area contributed by atoms with Crippen LogP contribution in [0.5, 0.6) is 0 Å². The lowest BCUT2D eigenvalue weighted by Crippen LogP contribution is -2.42. The molecule has 1 N–H and O–H groups in total. The molecule has 0 aromatic heterocycles. The topological polar surface area (TPSA) is 78.8 Å². The van der Waals surface area contributed by atoms with E-state index < -0.39 is 10.0 Å². The van der Waals surface area contributed by atoms with Gasteiger partial charge in [0.1, 0.15) is 0 Å². The Balaban J connectivity index is 1.55.